The molecule has 2 heteroatoms. The molecule has 0 heterocycles. The smallest absolute Gasteiger partial charge is 0.301 e. The Hall–Kier alpha value is -0.710. The molecule has 0 aromatic carbocycles. The van der Waals surface area contributed by atoms with Gasteiger partial charge in [0.25, 0.3) is 0 Å². The standard InChI is InChI=1S/C4H7NO/c1-4(2)3-5-6/h4H,1-2H3. The molecule has 0 radical (unpaired) electrons. The SMILES string of the molecule is CC(C)C#[N+][O-]. The molecule has 6 heavy (non-hydrogen) atoms. The van der Waals surface area contributed by atoms with E-state index < -0.39 is 0 Å². The normalized spacial score (nSPS) is 7.17. The van der Waals surface area contributed by atoms with E-state index in [1.54, 1.807) is 0 Å². The van der Waals surface area contributed by atoms with E-state index in [0.717, 1.165) is 0 Å². The van der Waals surface area contributed by atoms with Crippen molar-refractivity contribution in [2.45, 2.75) is 13.8 Å². The van der Waals surface area contributed by atoms with Crippen molar-refractivity contribution in [1.82, 2.24) is 0 Å². The summed E-state index contributed by atoms with van der Waals surface area (Å²) in [7, 11) is 0. The Balaban J connectivity index is 3.20. The first kappa shape index (κ1) is 5.29. The molecule has 34 valence electrons. The second-order valence-electron chi connectivity index (χ2n) is 1.38. The average Bonchev–Trinajstić information content (AvgIpc) is 1.35. The van der Waals surface area contributed by atoms with Crippen LogP contribution in [-0.4, -0.2) is 0 Å². The van der Waals surface area contributed by atoms with Crippen molar-refractivity contribution in [1.29, 1.82) is 0 Å². The lowest BCUT2D eigenvalue weighted by Crippen LogP contribution is -1.73. The summed E-state index contributed by atoms with van der Waals surface area (Å²) in [5.41, 5.74) is 0. The predicted molar refractivity (Wildman–Crippen MR) is 25.5 cm³/mol. The van der Waals surface area contributed by atoms with Gasteiger partial charge in [-0.3, -0.25) is 0 Å². The highest BCUT2D eigenvalue weighted by Crippen LogP contribution is 1.84. The number of rotatable bonds is 0. The first-order valence-electron chi connectivity index (χ1n) is 1.85. The van der Waals surface area contributed by atoms with Gasteiger partial charge in [-0.25, -0.2) is 0 Å². The van der Waals surface area contributed by atoms with Crippen molar-refractivity contribution in [3.63, 3.8) is 0 Å². The van der Waals surface area contributed by atoms with Crippen LogP contribution < -0.4 is 0 Å². The zero-order valence-corrected chi connectivity index (χ0v) is 3.93. The van der Waals surface area contributed by atoms with Crippen molar-refractivity contribution < 1.29 is 0 Å². The Morgan fingerprint density at radius 3 is 2.17 bits per heavy atom. The van der Waals surface area contributed by atoms with E-state index in [9.17, 15) is 5.21 Å². The number of hydrogen-bond acceptors (Lipinski definition) is 1. The fraction of sp³-hybridized carbons (Fsp3) is 0.750. The van der Waals surface area contributed by atoms with E-state index in [1.807, 2.05) is 13.8 Å². The minimum absolute atomic E-state index is 0.169. The van der Waals surface area contributed by atoms with E-state index in [2.05, 4.69) is 11.1 Å². The number of nitrogens with zero attached hydrogens (tertiary/aromatic N) is 1. The van der Waals surface area contributed by atoms with Crippen molar-refractivity contribution >= 4 is 0 Å². The van der Waals surface area contributed by atoms with Gasteiger partial charge in [-0.05, 0) is 13.8 Å². The molecule has 0 fully saturated rings. The highest BCUT2D eigenvalue weighted by molar-refractivity contribution is 4.89. The van der Waals surface area contributed by atoms with Gasteiger partial charge in [0, 0.05) is 5.01 Å². The summed E-state index contributed by atoms with van der Waals surface area (Å²) in [6.07, 6.45) is 0. The highest BCUT2D eigenvalue weighted by Gasteiger charge is 1.88. The summed E-state index contributed by atoms with van der Waals surface area (Å²) in [6.45, 7) is 3.70. The van der Waals surface area contributed by atoms with Crippen LogP contribution in [0.2, 0.25) is 0 Å². The van der Waals surface area contributed by atoms with Crippen LogP contribution in [0.3, 0.4) is 0 Å². The molecule has 0 amide bonds. The van der Waals surface area contributed by atoms with E-state index in [4.69, 9.17) is 0 Å². The minimum atomic E-state index is 0.169. The molecule has 0 aliphatic heterocycles. The molecule has 0 bridgehead atoms. The first-order chi connectivity index (χ1) is 2.77. The second kappa shape index (κ2) is 2.52. The molecule has 0 aromatic rings. The van der Waals surface area contributed by atoms with Gasteiger partial charge < -0.3 is 5.21 Å². The van der Waals surface area contributed by atoms with Crippen LogP contribution in [0.1, 0.15) is 13.8 Å². The van der Waals surface area contributed by atoms with Gasteiger partial charge in [0.2, 0.25) is 0 Å². The Bertz CT molecular complexity index is 77.3. The second-order valence-corrected chi connectivity index (χ2v) is 1.38. The maximum Gasteiger partial charge on any atom is 0.301 e. The Morgan fingerprint density at radius 2 is 2.17 bits per heavy atom. The Kier molecular flexibility index (Phi) is 2.22. The lowest BCUT2D eigenvalue weighted by Gasteiger charge is -1.71. The summed E-state index contributed by atoms with van der Waals surface area (Å²) in [5, 5.41) is 11.7. The van der Waals surface area contributed by atoms with Crippen LogP contribution in [-0.2, 0) is 0 Å². The van der Waals surface area contributed by atoms with Gasteiger partial charge in [-0.1, -0.05) is 0 Å². The van der Waals surface area contributed by atoms with Crippen LogP contribution in [0.4, 0.5) is 0 Å². The third-order valence-electron chi connectivity index (χ3n) is 0.311. The summed E-state index contributed by atoms with van der Waals surface area (Å²) < 4.78 is 0. The maximum absolute atomic E-state index is 9.25. The van der Waals surface area contributed by atoms with Gasteiger partial charge in [0.15, 0.2) is 0 Å². The molecule has 0 unspecified atom stereocenters. The third-order valence-corrected chi connectivity index (χ3v) is 0.311. The fourth-order valence-corrected chi connectivity index (χ4v) is 0.105. The lowest BCUT2D eigenvalue weighted by molar-refractivity contribution is 0.865. The van der Waals surface area contributed by atoms with Crippen molar-refractivity contribution in [2.75, 3.05) is 0 Å². The van der Waals surface area contributed by atoms with Crippen molar-refractivity contribution in [3.05, 3.63) is 10.2 Å². The molecule has 2 nitrogen and oxygen atoms in total. The van der Waals surface area contributed by atoms with Crippen LogP contribution in [0.5, 0.6) is 0 Å². The van der Waals surface area contributed by atoms with Crippen molar-refractivity contribution in [2.24, 2.45) is 5.92 Å². The Morgan fingerprint density at radius 1 is 1.67 bits per heavy atom. The van der Waals surface area contributed by atoms with E-state index in [-0.39, 0.29) is 5.92 Å². The lowest BCUT2D eigenvalue weighted by atomic mass is 10.3. The van der Waals surface area contributed by atoms with E-state index in [1.165, 1.54) is 0 Å². The third kappa shape index (κ3) is 3.29. The predicted octanol–water partition coefficient (Wildman–Crippen LogP) is 1.47. The zero-order chi connectivity index (χ0) is 4.99. The van der Waals surface area contributed by atoms with Gasteiger partial charge in [0.1, 0.15) is 0 Å². The molecule has 0 N–H and O–H groups in total. The van der Waals surface area contributed by atoms with Crippen LogP contribution >= 0.6 is 0 Å². The van der Waals surface area contributed by atoms with Crippen LogP contribution in [0.15, 0.2) is 0 Å². The molecular weight excluding hydrogens is 78.0 g/mol. The number of hydrogen-bond donors (Lipinski definition) is 0. The molecule has 0 saturated heterocycles. The summed E-state index contributed by atoms with van der Waals surface area (Å²) in [6, 6.07) is 2.28. The molecular formula is C4H7NO. The average molecular weight is 85.1 g/mol. The zero-order valence-electron chi connectivity index (χ0n) is 3.93. The van der Waals surface area contributed by atoms with Crippen LogP contribution in [0.25, 0.3) is 5.01 Å². The molecule has 0 aliphatic carbocycles. The van der Waals surface area contributed by atoms with Gasteiger partial charge >= 0.3 is 6.07 Å². The quantitative estimate of drug-likeness (QED) is 0.409. The summed E-state index contributed by atoms with van der Waals surface area (Å²) in [4.78, 5) is 0. The summed E-state index contributed by atoms with van der Waals surface area (Å²) in [5.74, 6) is 0.169. The molecule has 0 spiro atoms. The molecule has 0 aliphatic rings. The topological polar surface area (TPSA) is 27.4 Å². The summed E-state index contributed by atoms with van der Waals surface area (Å²) >= 11 is 0. The van der Waals surface area contributed by atoms with Gasteiger partial charge in [-0.15, -0.1) is 0 Å². The largest absolute Gasteiger partial charge is 0.498 e. The van der Waals surface area contributed by atoms with Crippen LogP contribution in [0, 0.1) is 17.2 Å². The monoisotopic (exact) mass is 85.1 g/mol. The first-order valence-corrected chi connectivity index (χ1v) is 1.85. The van der Waals surface area contributed by atoms with Crippen molar-refractivity contribution in [3.8, 4) is 6.07 Å². The minimum Gasteiger partial charge on any atom is -0.498 e. The molecule has 0 atom stereocenters. The fourth-order valence-electron chi connectivity index (χ4n) is 0.105. The molecule has 0 saturated carbocycles. The molecule has 0 rings (SSSR count). The molecule has 0 aromatic heterocycles. The highest BCUT2D eigenvalue weighted by atomic mass is 16.4. The van der Waals surface area contributed by atoms with Gasteiger partial charge in [-0.2, -0.15) is 0 Å². The van der Waals surface area contributed by atoms with Gasteiger partial charge in [0.05, 0.1) is 5.92 Å². The maximum atomic E-state index is 9.25. The van der Waals surface area contributed by atoms with E-state index >= 15 is 0 Å². The van der Waals surface area contributed by atoms with E-state index in [0.29, 0.717) is 0 Å². The Labute approximate surface area is 37.2 Å².